The molecule has 0 saturated heterocycles. The second-order valence-corrected chi connectivity index (χ2v) is 4.03. The Morgan fingerprint density at radius 1 is 1.33 bits per heavy atom. The van der Waals surface area contributed by atoms with Crippen LogP contribution in [0.4, 0.5) is 5.69 Å². The summed E-state index contributed by atoms with van der Waals surface area (Å²) in [5.74, 6) is 0.259. The number of nitrogen functional groups attached to an aromatic ring is 1. The van der Waals surface area contributed by atoms with Gasteiger partial charge in [-0.3, -0.25) is 0 Å². The van der Waals surface area contributed by atoms with E-state index in [-0.39, 0.29) is 18.6 Å². The zero-order chi connectivity index (χ0) is 11.3. The highest BCUT2D eigenvalue weighted by atomic mass is 16.3. The van der Waals surface area contributed by atoms with E-state index in [4.69, 9.17) is 10.8 Å². The fourth-order valence-corrected chi connectivity index (χ4v) is 1.33. The van der Waals surface area contributed by atoms with E-state index in [1.807, 2.05) is 31.2 Å². The third-order valence-electron chi connectivity index (χ3n) is 2.81. The van der Waals surface area contributed by atoms with Gasteiger partial charge in [0, 0.05) is 24.9 Å². The first-order valence-corrected chi connectivity index (χ1v) is 5.32. The first-order valence-electron chi connectivity index (χ1n) is 5.32. The summed E-state index contributed by atoms with van der Waals surface area (Å²) in [7, 11) is 0. The van der Waals surface area contributed by atoms with Crippen LogP contribution in [0.3, 0.4) is 0 Å². The van der Waals surface area contributed by atoms with Crippen LogP contribution < -0.4 is 11.1 Å². The Hall–Kier alpha value is -1.06. The Morgan fingerprint density at radius 2 is 2.00 bits per heavy atom. The van der Waals surface area contributed by atoms with Crippen LogP contribution in [0.2, 0.25) is 0 Å². The van der Waals surface area contributed by atoms with E-state index >= 15 is 0 Å². The quantitative estimate of drug-likeness (QED) is 0.641. The molecule has 2 unspecified atom stereocenters. The molecule has 0 aliphatic rings. The van der Waals surface area contributed by atoms with Gasteiger partial charge in [0.25, 0.3) is 0 Å². The molecule has 0 aliphatic heterocycles. The second-order valence-electron chi connectivity index (χ2n) is 4.03. The average Bonchev–Trinajstić information content (AvgIpc) is 2.26. The van der Waals surface area contributed by atoms with Crippen LogP contribution >= 0.6 is 0 Å². The number of aliphatic hydroxyl groups is 1. The van der Waals surface area contributed by atoms with E-state index in [0.717, 1.165) is 17.8 Å². The van der Waals surface area contributed by atoms with Gasteiger partial charge in [0.15, 0.2) is 0 Å². The lowest BCUT2D eigenvalue weighted by Crippen LogP contribution is -2.33. The summed E-state index contributed by atoms with van der Waals surface area (Å²) >= 11 is 0. The van der Waals surface area contributed by atoms with Gasteiger partial charge in [-0.25, -0.2) is 0 Å². The molecule has 1 rings (SSSR count). The molecule has 1 aromatic carbocycles. The van der Waals surface area contributed by atoms with Crippen molar-refractivity contribution in [3.63, 3.8) is 0 Å². The third-order valence-corrected chi connectivity index (χ3v) is 2.81. The van der Waals surface area contributed by atoms with Crippen LogP contribution in [0.1, 0.15) is 19.4 Å². The van der Waals surface area contributed by atoms with E-state index in [1.165, 1.54) is 0 Å². The number of hydrogen-bond donors (Lipinski definition) is 3. The lowest BCUT2D eigenvalue weighted by atomic mass is 10.0. The maximum absolute atomic E-state index is 8.99. The van der Waals surface area contributed by atoms with E-state index in [9.17, 15) is 0 Å². The number of nitrogens with two attached hydrogens (primary N) is 1. The van der Waals surface area contributed by atoms with Crippen molar-refractivity contribution in [2.24, 2.45) is 5.92 Å². The first kappa shape index (κ1) is 12.0. The highest BCUT2D eigenvalue weighted by Gasteiger charge is 2.10. The van der Waals surface area contributed by atoms with Crippen molar-refractivity contribution in [3.8, 4) is 0 Å². The van der Waals surface area contributed by atoms with Gasteiger partial charge in [-0.15, -0.1) is 0 Å². The lowest BCUT2D eigenvalue weighted by molar-refractivity contribution is 0.207. The van der Waals surface area contributed by atoms with Crippen LogP contribution in [-0.2, 0) is 6.54 Å². The lowest BCUT2D eigenvalue weighted by Gasteiger charge is -2.19. The number of hydrogen-bond acceptors (Lipinski definition) is 3. The van der Waals surface area contributed by atoms with Gasteiger partial charge in [-0.05, 0) is 24.5 Å². The highest BCUT2D eigenvalue weighted by Crippen LogP contribution is 2.11. The SMILES string of the molecule is CC(CO)C(C)NCc1ccccc1N. The summed E-state index contributed by atoms with van der Waals surface area (Å²) in [6, 6.07) is 8.11. The maximum atomic E-state index is 8.99. The summed E-state index contributed by atoms with van der Waals surface area (Å²) in [5, 5.41) is 12.3. The van der Waals surface area contributed by atoms with Crippen molar-refractivity contribution in [3.05, 3.63) is 29.8 Å². The fraction of sp³-hybridized carbons (Fsp3) is 0.500. The number of rotatable bonds is 5. The molecule has 0 aliphatic carbocycles. The molecule has 4 N–H and O–H groups in total. The molecule has 84 valence electrons. The summed E-state index contributed by atoms with van der Waals surface area (Å²) in [6.45, 7) is 5.04. The van der Waals surface area contributed by atoms with Crippen LogP contribution in [0.15, 0.2) is 24.3 Å². The van der Waals surface area contributed by atoms with E-state index < -0.39 is 0 Å². The van der Waals surface area contributed by atoms with Crippen molar-refractivity contribution in [1.29, 1.82) is 0 Å². The summed E-state index contributed by atoms with van der Waals surface area (Å²) in [4.78, 5) is 0. The van der Waals surface area contributed by atoms with Crippen LogP contribution in [0.25, 0.3) is 0 Å². The van der Waals surface area contributed by atoms with Crippen LogP contribution in [0.5, 0.6) is 0 Å². The molecular weight excluding hydrogens is 188 g/mol. The predicted octanol–water partition coefficient (Wildman–Crippen LogP) is 1.38. The third kappa shape index (κ3) is 3.53. The van der Waals surface area contributed by atoms with Crippen molar-refractivity contribution in [1.82, 2.24) is 5.32 Å². The van der Waals surface area contributed by atoms with E-state index in [2.05, 4.69) is 12.2 Å². The van der Waals surface area contributed by atoms with Crippen molar-refractivity contribution in [2.45, 2.75) is 26.4 Å². The van der Waals surface area contributed by atoms with Gasteiger partial charge >= 0.3 is 0 Å². The number of aliphatic hydroxyl groups excluding tert-OH is 1. The zero-order valence-electron chi connectivity index (χ0n) is 9.40. The number of para-hydroxylation sites is 1. The maximum Gasteiger partial charge on any atom is 0.0471 e. The minimum Gasteiger partial charge on any atom is -0.398 e. The van der Waals surface area contributed by atoms with Gasteiger partial charge in [0.2, 0.25) is 0 Å². The summed E-state index contributed by atoms with van der Waals surface area (Å²) < 4.78 is 0. The molecule has 2 atom stereocenters. The summed E-state index contributed by atoms with van der Waals surface area (Å²) in [6.07, 6.45) is 0. The molecule has 0 radical (unpaired) electrons. The molecule has 0 bridgehead atoms. The normalized spacial score (nSPS) is 14.9. The van der Waals surface area contributed by atoms with Crippen LogP contribution in [-0.4, -0.2) is 17.8 Å². The number of benzene rings is 1. The van der Waals surface area contributed by atoms with Gasteiger partial charge in [0.05, 0.1) is 0 Å². The first-order chi connectivity index (χ1) is 7.15. The highest BCUT2D eigenvalue weighted by molar-refractivity contribution is 5.46. The molecular formula is C12H20N2O. The molecule has 1 aromatic rings. The topological polar surface area (TPSA) is 58.3 Å². The van der Waals surface area contributed by atoms with Gasteiger partial charge in [0.1, 0.15) is 0 Å². The molecule has 0 saturated carbocycles. The molecule has 15 heavy (non-hydrogen) atoms. The molecule has 0 amide bonds. The number of anilines is 1. The van der Waals surface area contributed by atoms with Gasteiger partial charge in [-0.2, -0.15) is 0 Å². The van der Waals surface area contributed by atoms with Crippen molar-refractivity contribution in [2.75, 3.05) is 12.3 Å². The fourth-order valence-electron chi connectivity index (χ4n) is 1.33. The molecule has 0 heterocycles. The molecule has 0 aromatic heterocycles. The molecule has 0 spiro atoms. The Labute approximate surface area is 91.3 Å². The number of nitrogens with one attached hydrogen (secondary N) is 1. The van der Waals surface area contributed by atoms with Crippen LogP contribution in [0, 0.1) is 5.92 Å². The Kier molecular flexibility index (Phi) is 4.59. The minimum atomic E-state index is 0.207. The Bertz CT molecular complexity index is 301. The largest absolute Gasteiger partial charge is 0.398 e. The zero-order valence-corrected chi connectivity index (χ0v) is 9.40. The van der Waals surface area contributed by atoms with E-state index in [1.54, 1.807) is 0 Å². The van der Waals surface area contributed by atoms with Crippen molar-refractivity contribution >= 4 is 5.69 Å². The summed E-state index contributed by atoms with van der Waals surface area (Å²) in [5.41, 5.74) is 7.75. The molecule has 3 nitrogen and oxygen atoms in total. The van der Waals surface area contributed by atoms with Gasteiger partial charge in [-0.1, -0.05) is 25.1 Å². The standard InChI is InChI=1S/C12H20N2O/c1-9(8-15)10(2)14-7-11-5-3-4-6-12(11)13/h3-6,9-10,14-15H,7-8,13H2,1-2H3. The monoisotopic (exact) mass is 208 g/mol. The van der Waals surface area contributed by atoms with Crippen molar-refractivity contribution < 1.29 is 5.11 Å². The smallest absolute Gasteiger partial charge is 0.0471 e. The van der Waals surface area contributed by atoms with E-state index in [0.29, 0.717) is 0 Å². The minimum absolute atomic E-state index is 0.207. The molecule has 3 heteroatoms. The predicted molar refractivity (Wildman–Crippen MR) is 63.4 cm³/mol. The second kappa shape index (κ2) is 5.73. The molecule has 0 fully saturated rings. The Balaban J connectivity index is 2.47. The average molecular weight is 208 g/mol. The van der Waals surface area contributed by atoms with Gasteiger partial charge < -0.3 is 16.2 Å². The Morgan fingerprint density at radius 3 is 2.60 bits per heavy atom.